The predicted molar refractivity (Wildman–Crippen MR) is 90.4 cm³/mol. The molecule has 0 aliphatic heterocycles. The first-order chi connectivity index (χ1) is 10.9. The van der Waals surface area contributed by atoms with Gasteiger partial charge < -0.3 is 9.30 Å². The summed E-state index contributed by atoms with van der Waals surface area (Å²) in [6.07, 6.45) is 1.80. The molecule has 0 amide bonds. The molecular formula is C19H21NO3. The van der Waals surface area contributed by atoms with Crippen molar-refractivity contribution in [2.75, 3.05) is 6.61 Å². The van der Waals surface area contributed by atoms with Crippen LogP contribution in [0.2, 0.25) is 0 Å². The molecule has 0 unspecified atom stereocenters. The second kappa shape index (κ2) is 7.09. The lowest BCUT2D eigenvalue weighted by molar-refractivity contribution is 0.0920. The largest absolute Gasteiger partial charge is 0.485 e. The molecule has 0 aliphatic rings. The molecule has 1 heterocycles. The molecule has 4 nitrogen and oxygen atoms in total. The molecule has 0 spiro atoms. The molecule has 4 heteroatoms. The number of carbonyl (C=O) groups excluding carboxylic acids is 2. The zero-order valence-corrected chi connectivity index (χ0v) is 13.8. The van der Waals surface area contributed by atoms with Gasteiger partial charge in [-0.2, -0.15) is 0 Å². The maximum atomic E-state index is 12.4. The smallest absolute Gasteiger partial charge is 0.202 e. The monoisotopic (exact) mass is 311 g/mol. The minimum atomic E-state index is -0.0818. The van der Waals surface area contributed by atoms with Crippen molar-refractivity contribution < 1.29 is 14.3 Å². The Labute approximate surface area is 136 Å². The van der Waals surface area contributed by atoms with Crippen LogP contribution in [0.5, 0.6) is 5.75 Å². The van der Waals surface area contributed by atoms with E-state index in [-0.39, 0.29) is 18.2 Å². The highest BCUT2D eigenvalue weighted by Gasteiger charge is 2.15. The molecule has 2 rings (SSSR count). The lowest BCUT2D eigenvalue weighted by Gasteiger charge is -2.08. The highest BCUT2D eigenvalue weighted by atomic mass is 16.5. The highest BCUT2D eigenvalue weighted by Crippen LogP contribution is 2.18. The third kappa shape index (κ3) is 3.77. The summed E-state index contributed by atoms with van der Waals surface area (Å²) in [4.78, 5) is 23.8. The molecule has 1 aromatic heterocycles. The Kier molecular flexibility index (Phi) is 5.16. The van der Waals surface area contributed by atoms with Crippen molar-refractivity contribution in [1.82, 2.24) is 4.57 Å². The van der Waals surface area contributed by atoms with E-state index >= 15 is 0 Å². The molecule has 0 radical (unpaired) electrons. The van der Waals surface area contributed by atoms with Crippen LogP contribution in [0.3, 0.4) is 0 Å². The molecule has 0 fully saturated rings. The van der Waals surface area contributed by atoms with Gasteiger partial charge >= 0.3 is 0 Å². The van der Waals surface area contributed by atoms with Crippen LogP contribution in [-0.4, -0.2) is 22.7 Å². The topological polar surface area (TPSA) is 48.3 Å². The SMILES string of the molecule is C=CCn1c(C)cc(C(=O)COc2cccc(C(C)=O)c2)c1C. The number of hydrogen-bond donors (Lipinski definition) is 0. The normalized spacial score (nSPS) is 10.4. The first kappa shape index (κ1) is 16.7. The van der Waals surface area contributed by atoms with Gasteiger partial charge in [0.25, 0.3) is 0 Å². The van der Waals surface area contributed by atoms with E-state index in [9.17, 15) is 9.59 Å². The molecule has 0 atom stereocenters. The van der Waals surface area contributed by atoms with Gasteiger partial charge in [-0.05, 0) is 39.0 Å². The number of aromatic nitrogens is 1. The first-order valence-electron chi connectivity index (χ1n) is 7.48. The predicted octanol–water partition coefficient (Wildman–Crippen LogP) is 3.76. The summed E-state index contributed by atoms with van der Waals surface area (Å²) >= 11 is 0. The van der Waals surface area contributed by atoms with Gasteiger partial charge in [0, 0.05) is 29.1 Å². The van der Waals surface area contributed by atoms with E-state index in [1.165, 1.54) is 6.92 Å². The first-order valence-corrected chi connectivity index (χ1v) is 7.48. The Bertz CT molecular complexity index is 756. The van der Waals surface area contributed by atoms with Gasteiger partial charge in [-0.15, -0.1) is 6.58 Å². The van der Waals surface area contributed by atoms with E-state index in [2.05, 4.69) is 6.58 Å². The third-order valence-electron chi connectivity index (χ3n) is 3.80. The van der Waals surface area contributed by atoms with Crippen LogP contribution < -0.4 is 4.74 Å². The summed E-state index contributed by atoms with van der Waals surface area (Å²) in [7, 11) is 0. The molecule has 0 N–H and O–H groups in total. The van der Waals surface area contributed by atoms with Crippen LogP contribution in [0.4, 0.5) is 0 Å². The summed E-state index contributed by atoms with van der Waals surface area (Å²) < 4.78 is 7.58. The number of rotatable bonds is 7. The van der Waals surface area contributed by atoms with Crippen LogP contribution in [-0.2, 0) is 6.54 Å². The van der Waals surface area contributed by atoms with E-state index in [1.807, 2.05) is 24.5 Å². The summed E-state index contributed by atoms with van der Waals surface area (Å²) in [6.45, 7) is 9.73. The van der Waals surface area contributed by atoms with E-state index < -0.39 is 0 Å². The summed E-state index contributed by atoms with van der Waals surface area (Å²) in [5.74, 6) is 0.405. The second-order valence-electron chi connectivity index (χ2n) is 5.48. The van der Waals surface area contributed by atoms with Crippen LogP contribution in [0.15, 0.2) is 43.0 Å². The van der Waals surface area contributed by atoms with Crippen molar-refractivity contribution in [3.05, 3.63) is 65.5 Å². The number of Topliss-reactive ketones (excluding diaryl/α,β-unsaturated/α-hetero) is 2. The summed E-state index contributed by atoms with van der Waals surface area (Å²) in [5, 5.41) is 0. The number of ether oxygens (including phenoxy) is 1. The molecule has 0 saturated heterocycles. The molecule has 120 valence electrons. The second-order valence-corrected chi connectivity index (χ2v) is 5.48. The fourth-order valence-corrected chi connectivity index (χ4v) is 2.52. The van der Waals surface area contributed by atoms with Crippen LogP contribution in [0.1, 0.15) is 39.0 Å². The van der Waals surface area contributed by atoms with E-state index in [0.29, 0.717) is 23.4 Å². The average molecular weight is 311 g/mol. The molecule has 0 bridgehead atoms. The van der Waals surface area contributed by atoms with Gasteiger partial charge in [0.15, 0.2) is 12.4 Å². The number of hydrogen-bond acceptors (Lipinski definition) is 3. The van der Waals surface area contributed by atoms with Crippen molar-refractivity contribution in [3.63, 3.8) is 0 Å². The zero-order valence-electron chi connectivity index (χ0n) is 13.8. The number of aryl methyl sites for hydroxylation is 1. The van der Waals surface area contributed by atoms with Crippen molar-refractivity contribution in [2.24, 2.45) is 0 Å². The van der Waals surface area contributed by atoms with Gasteiger partial charge in [0.05, 0.1) is 0 Å². The summed E-state index contributed by atoms with van der Waals surface area (Å²) in [6, 6.07) is 8.72. The molecule has 1 aromatic carbocycles. The Hall–Kier alpha value is -2.62. The van der Waals surface area contributed by atoms with Gasteiger partial charge in [-0.1, -0.05) is 18.2 Å². The quantitative estimate of drug-likeness (QED) is 0.578. The Morgan fingerprint density at radius 2 is 2.00 bits per heavy atom. The fourth-order valence-electron chi connectivity index (χ4n) is 2.52. The lowest BCUT2D eigenvalue weighted by atomic mass is 10.1. The lowest BCUT2D eigenvalue weighted by Crippen LogP contribution is -2.13. The number of allylic oxidation sites excluding steroid dienone is 1. The average Bonchev–Trinajstić information content (AvgIpc) is 2.81. The minimum Gasteiger partial charge on any atom is -0.485 e. The van der Waals surface area contributed by atoms with Crippen molar-refractivity contribution >= 4 is 11.6 Å². The Morgan fingerprint density at radius 3 is 2.65 bits per heavy atom. The third-order valence-corrected chi connectivity index (χ3v) is 3.80. The van der Waals surface area contributed by atoms with Gasteiger partial charge in [-0.25, -0.2) is 0 Å². The van der Waals surface area contributed by atoms with Crippen molar-refractivity contribution in [1.29, 1.82) is 0 Å². The van der Waals surface area contributed by atoms with E-state index in [4.69, 9.17) is 4.74 Å². The molecule has 23 heavy (non-hydrogen) atoms. The van der Waals surface area contributed by atoms with Gasteiger partial charge in [-0.3, -0.25) is 9.59 Å². The Morgan fingerprint density at radius 1 is 1.26 bits per heavy atom. The standard InChI is InChI=1S/C19H21NO3/c1-5-9-20-13(2)10-18(14(20)3)19(22)12-23-17-8-6-7-16(11-17)15(4)21/h5-8,10-11H,1,9,12H2,2-4H3. The molecule has 0 aliphatic carbocycles. The number of benzene rings is 1. The molecule has 2 aromatic rings. The van der Waals surface area contributed by atoms with Crippen molar-refractivity contribution in [3.8, 4) is 5.75 Å². The van der Waals surface area contributed by atoms with Crippen LogP contribution >= 0.6 is 0 Å². The minimum absolute atomic E-state index is 0.0326. The summed E-state index contributed by atoms with van der Waals surface area (Å²) in [5.41, 5.74) is 3.16. The van der Waals surface area contributed by atoms with Crippen LogP contribution in [0, 0.1) is 13.8 Å². The van der Waals surface area contributed by atoms with Gasteiger partial charge in [0.1, 0.15) is 5.75 Å². The van der Waals surface area contributed by atoms with E-state index in [1.54, 1.807) is 30.3 Å². The number of ketones is 2. The maximum Gasteiger partial charge on any atom is 0.202 e. The Balaban J connectivity index is 2.11. The van der Waals surface area contributed by atoms with Crippen LogP contribution in [0.25, 0.3) is 0 Å². The highest BCUT2D eigenvalue weighted by molar-refractivity contribution is 5.98. The molecule has 0 saturated carbocycles. The maximum absolute atomic E-state index is 12.4. The van der Waals surface area contributed by atoms with Gasteiger partial charge in [0.2, 0.25) is 5.78 Å². The fraction of sp³-hybridized carbons (Fsp3) is 0.263. The number of nitrogens with zero attached hydrogens (tertiary/aromatic N) is 1. The van der Waals surface area contributed by atoms with E-state index in [0.717, 1.165) is 11.4 Å². The van der Waals surface area contributed by atoms with Crippen molar-refractivity contribution in [2.45, 2.75) is 27.3 Å². The zero-order chi connectivity index (χ0) is 17.0. The molecular weight excluding hydrogens is 290 g/mol. The number of carbonyl (C=O) groups is 2.